The number of benzene rings is 1. The number of rotatable bonds is 3. The fraction of sp³-hybridized carbons (Fsp3) is 0.500. The number of alkyl halides is 1. The summed E-state index contributed by atoms with van der Waals surface area (Å²) in [5.74, 6) is -0.454. The lowest BCUT2D eigenvalue weighted by atomic mass is 10.1. The van der Waals surface area contributed by atoms with Crippen molar-refractivity contribution in [2.24, 2.45) is 0 Å². The van der Waals surface area contributed by atoms with Gasteiger partial charge in [0, 0.05) is 38.3 Å². The fourth-order valence-corrected chi connectivity index (χ4v) is 1.95. The molecular weight excluding hydrogens is 210 g/mol. The van der Waals surface area contributed by atoms with Crippen LogP contribution in [0.4, 0.5) is 8.78 Å². The van der Waals surface area contributed by atoms with Crippen LogP contribution in [0.3, 0.4) is 0 Å². The summed E-state index contributed by atoms with van der Waals surface area (Å²) in [7, 11) is 0. The molecule has 0 aliphatic carbocycles. The van der Waals surface area contributed by atoms with E-state index in [0.29, 0.717) is 0 Å². The van der Waals surface area contributed by atoms with Crippen LogP contribution in [0.25, 0.3) is 0 Å². The monoisotopic (exact) mass is 226 g/mol. The maximum atomic E-state index is 13.9. The highest BCUT2D eigenvalue weighted by Crippen LogP contribution is 2.21. The Morgan fingerprint density at radius 3 is 2.62 bits per heavy atom. The lowest BCUT2D eigenvalue weighted by molar-refractivity contribution is 0.173. The molecule has 4 heteroatoms. The van der Waals surface area contributed by atoms with Gasteiger partial charge in [0.05, 0.1) is 0 Å². The van der Waals surface area contributed by atoms with Crippen molar-refractivity contribution in [3.63, 3.8) is 0 Å². The van der Waals surface area contributed by atoms with E-state index in [1.807, 2.05) is 4.90 Å². The van der Waals surface area contributed by atoms with Crippen molar-refractivity contribution in [2.45, 2.75) is 6.17 Å². The molecule has 0 bridgehead atoms. The van der Waals surface area contributed by atoms with Crippen molar-refractivity contribution in [3.8, 4) is 0 Å². The summed E-state index contributed by atoms with van der Waals surface area (Å²) in [5, 5.41) is 3.20. The van der Waals surface area contributed by atoms with Crippen molar-refractivity contribution in [2.75, 3.05) is 32.7 Å². The van der Waals surface area contributed by atoms with Crippen LogP contribution in [-0.2, 0) is 0 Å². The van der Waals surface area contributed by atoms with Crippen LogP contribution in [0, 0.1) is 5.82 Å². The molecule has 1 aliphatic rings. The molecule has 1 heterocycles. The Kier molecular flexibility index (Phi) is 3.85. The number of halogens is 2. The molecule has 0 radical (unpaired) electrons. The Labute approximate surface area is 94.3 Å². The molecule has 0 spiro atoms. The van der Waals surface area contributed by atoms with Gasteiger partial charge >= 0.3 is 0 Å². The second kappa shape index (κ2) is 5.37. The van der Waals surface area contributed by atoms with Crippen LogP contribution in [0.2, 0.25) is 0 Å². The fourth-order valence-electron chi connectivity index (χ4n) is 1.95. The van der Waals surface area contributed by atoms with E-state index >= 15 is 0 Å². The molecule has 0 aromatic heterocycles. The molecule has 88 valence electrons. The lowest BCUT2D eigenvalue weighted by Gasteiger charge is -2.28. The molecule has 1 aliphatic heterocycles. The van der Waals surface area contributed by atoms with Gasteiger partial charge in [0.15, 0.2) is 0 Å². The van der Waals surface area contributed by atoms with Crippen LogP contribution in [-0.4, -0.2) is 37.6 Å². The third kappa shape index (κ3) is 2.77. The number of hydrogen-bond acceptors (Lipinski definition) is 2. The number of nitrogens with one attached hydrogen (secondary N) is 1. The first-order chi connectivity index (χ1) is 7.77. The molecule has 2 nitrogen and oxygen atoms in total. The van der Waals surface area contributed by atoms with Gasteiger partial charge < -0.3 is 5.32 Å². The van der Waals surface area contributed by atoms with E-state index in [-0.39, 0.29) is 12.1 Å². The van der Waals surface area contributed by atoms with Crippen LogP contribution >= 0.6 is 0 Å². The van der Waals surface area contributed by atoms with Gasteiger partial charge in [0.1, 0.15) is 12.0 Å². The quantitative estimate of drug-likeness (QED) is 0.844. The Morgan fingerprint density at radius 2 is 1.94 bits per heavy atom. The molecule has 1 fully saturated rings. The Bertz CT molecular complexity index is 338. The average Bonchev–Trinajstić information content (AvgIpc) is 2.31. The molecule has 1 aromatic carbocycles. The minimum atomic E-state index is -1.24. The molecule has 1 aromatic rings. The van der Waals surface area contributed by atoms with Gasteiger partial charge in [-0.15, -0.1) is 0 Å². The molecule has 1 unspecified atom stereocenters. The number of piperazine rings is 1. The normalized spacial score (nSPS) is 19.6. The largest absolute Gasteiger partial charge is 0.314 e. The smallest absolute Gasteiger partial charge is 0.141 e. The summed E-state index contributed by atoms with van der Waals surface area (Å²) in [6, 6.07) is 6.07. The number of hydrogen-bond donors (Lipinski definition) is 1. The highest BCUT2D eigenvalue weighted by atomic mass is 19.1. The molecule has 1 saturated heterocycles. The standard InChI is InChI=1S/C12H16F2N2/c13-11-4-2-1-3-10(11)12(14)9-16-7-5-15-6-8-16/h1-4,12,15H,5-9H2. The third-order valence-corrected chi connectivity index (χ3v) is 2.87. The van der Waals surface area contributed by atoms with Gasteiger partial charge in [0.25, 0.3) is 0 Å². The van der Waals surface area contributed by atoms with E-state index in [0.717, 1.165) is 26.2 Å². The number of nitrogens with zero attached hydrogens (tertiary/aromatic N) is 1. The van der Waals surface area contributed by atoms with E-state index in [4.69, 9.17) is 0 Å². The first kappa shape index (κ1) is 11.5. The maximum absolute atomic E-state index is 13.9. The predicted molar refractivity (Wildman–Crippen MR) is 59.6 cm³/mol. The van der Waals surface area contributed by atoms with Crippen LogP contribution < -0.4 is 5.32 Å². The highest BCUT2D eigenvalue weighted by molar-refractivity contribution is 5.20. The Hall–Kier alpha value is -1.00. The predicted octanol–water partition coefficient (Wildman–Crippen LogP) is 1.74. The Balaban J connectivity index is 1.96. The molecule has 2 rings (SSSR count). The molecule has 0 saturated carbocycles. The van der Waals surface area contributed by atoms with E-state index in [1.165, 1.54) is 12.1 Å². The van der Waals surface area contributed by atoms with Crippen molar-refractivity contribution in [3.05, 3.63) is 35.6 Å². The first-order valence-electron chi connectivity index (χ1n) is 5.59. The first-order valence-corrected chi connectivity index (χ1v) is 5.59. The van der Waals surface area contributed by atoms with Gasteiger partial charge in [-0.3, -0.25) is 4.90 Å². The van der Waals surface area contributed by atoms with E-state index < -0.39 is 12.0 Å². The van der Waals surface area contributed by atoms with Crippen molar-refractivity contribution in [1.29, 1.82) is 0 Å². The average molecular weight is 226 g/mol. The van der Waals surface area contributed by atoms with E-state index in [1.54, 1.807) is 12.1 Å². The second-order valence-corrected chi connectivity index (χ2v) is 4.04. The van der Waals surface area contributed by atoms with Gasteiger partial charge in [0.2, 0.25) is 0 Å². The Morgan fingerprint density at radius 1 is 1.25 bits per heavy atom. The second-order valence-electron chi connectivity index (χ2n) is 4.04. The molecule has 0 amide bonds. The van der Waals surface area contributed by atoms with Crippen LogP contribution in [0.15, 0.2) is 24.3 Å². The molecule has 16 heavy (non-hydrogen) atoms. The van der Waals surface area contributed by atoms with Crippen LogP contribution in [0.5, 0.6) is 0 Å². The zero-order chi connectivity index (χ0) is 11.4. The topological polar surface area (TPSA) is 15.3 Å². The third-order valence-electron chi connectivity index (χ3n) is 2.87. The van der Waals surface area contributed by atoms with Gasteiger partial charge in [-0.2, -0.15) is 0 Å². The summed E-state index contributed by atoms with van der Waals surface area (Å²) in [4.78, 5) is 2.02. The van der Waals surface area contributed by atoms with Gasteiger partial charge in [-0.05, 0) is 6.07 Å². The van der Waals surface area contributed by atoms with Gasteiger partial charge in [-0.25, -0.2) is 8.78 Å². The summed E-state index contributed by atoms with van der Waals surface area (Å²) in [6.45, 7) is 3.69. The zero-order valence-electron chi connectivity index (χ0n) is 9.13. The summed E-state index contributed by atoms with van der Waals surface area (Å²) in [6.07, 6.45) is -1.24. The highest BCUT2D eigenvalue weighted by Gasteiger charge is 2.19. The van der Waals surface area contributed by atoms with E-state index in [2.05, 4.69) is 5.32 Å². The molecule has 1 N–H and O–H groups in total. The zero-order valence-corrected chi connectivity index (χ0v) is 9.13. The van der Waals surface area contributed by atoms with E-state index in [9.17, 15) is 8.78 Å². The SMILES string of the molecule is Fc1ccccc1C(F)CN1CCNCC1. The maximum Gasteiger partial charge on any atom is 0.141 e. The van der Waals surface area contributed by atoms with Crippen LogP contribution in [0.1, 0.15) is 11.7 Å². The minimum absolute atomic E-state index is 0.168. The molecular formula is C12H16F2N2. The molecule has 1 atom stereocenters. The van der Waals surface area contributed by atoms with Crippen molar-refractivity contribution >= 4 is 0 Å². The van der Waals surface area contributed by atoms with Gasteiger partial charge in [-0.1, -0.05) is 18.2 Å². The summed E-state index contributed by atoms with van der Waals surface area (Å²) in [5.41, 5.74) is 0.168. The van der Waals surface area contributed by atoms with Crippen molar-refractivity contribution in [1.82, 2.24) is 10.2 Å². The van der Waals surface area contributed by atoms with Crippen molar-refractivity contribution < 1.29 is 8.78 Å². The summed E-state index contributed by atoms with van der Waals surface area (Å²) < 4.78 is 27.2. The lowest BCUT2D eigenvalue weighted by Crippen LogP contribution is -2.44. The minimum Gasteiger partial charge on any atom is -0.314 e. The summed E-state index contributed by atoms with van der Waals surface area (Å²) >= 11 is 0.